The Morgan fingerprint density at radius 2 is 1.29 bits per heavy atom. The van der Waals surface area contributed by atoms with Crippen LogP contribution in [0.1, 0.15) is 11.4 Å². The van der Waals surface area contributed by atoms with Gasteiger partial charge in [-0.15, -0.1) is 0 Å². The summed E-state index contributed by atoms with van der Waals surface area (Å²) in [5.74, 6) is 0.680. The Balaban J connectivity index is 2.06. The van der Waals surface area contributed by atoms with Crippen LogP contribution in [0.15, 0.2) is 71.7 Å². The summed E-state index contributed by atoms with van der Waals surface area (Å²) in [6.07, 6.45) is 0. The molecule has 1 aromatic heterocycles. The fourth-order valence-corrected chi connectivity index (χ4v) is 2.48. The molecule has 0 unspecified atom stereocenters. The van der Waals surface area contributed by atoms with Crippen LogP contribution in [0.2, 0.25) is 0 Å². The van der Waals surface area contributed by atoms with E-state index in [4.69, 9.17) is 5.73 Å². The number of aromatic nitrogens is 2. The molecule has 0 aliphatic carbocycles. The first kappa shape index (κ1) is 15.7. The Hall–Kier alpha value is -3.21. The van der Waals surface area contributed by atoms with E-state index >= 15 is 0 Å². The van der Waals surface area contributed by atoms with Gasteiger partial charge in [-0.25, -0.2) is 9.97 Å². The van der Waals surface area contributed by atoms with Crippen LogP contribution in [0.3, 0.4) is 0 Å². The highest BCUT2D eigenvalue weighted by Gasteiger charge is 2.13. The molecule has 24 heavy (non-hydrogen) atoms. The van der Waals surface area contributed by atoms with Crippen molar-refractivity contribution in [3.8, 4) is 0 Å². The molecule has 0 aliphatic heterocycles. The largest absolute Gasteiger partial charge is 0.369 e. The van der Waals surface area contributed by atoms with Crippen LogP contribution in [-0.4, -0.2) is 15.9 Å². The number of nitrogens with two attached hydrogens (primary N) is 1. The third kappa shape index (κ3) is 3.57. The van der Waals surface area contributed by atoms with Gasteiger partial charge in [0.15, 0.2) is 0 Å². The highest BCUT2D eigenvalue weighted by molar-refractivity contribution is 6.02. The number of para-hydroxylation sites is 2. The maximum atomic E-state index is 6.31. The van der Waals surface area contributed by atoms with Gasteiger partial charge in [0.05, 0.1) is 0 Å². The van der Waals surface area contributed by atoms with Crippen molar-refractivity contribution in [2.45, 2.75) is 13.8 Å². The van der Waals surface area contributed by atoms with Gasteiger partial charge < -0.3 is 5.73 Å². The first-order valence-electron chi connectivity index (χ1n) is 7.70. The first-order chi connectivity index (χ1) is 11.6. The van der Waals surface area contributed by atoms with E-state index in [1.165, 1.54) is 0 Å². The summed E-state index contributed by atoms with van der Waals surface area (Å²) in [5.41, 5.74) is 9.88. The number of nitrogens with zero attached hydrogens (tertiary/aromatic N) is 4. The van der Waals surface area contributed by atoms with E-state index in [0.29, 0.717) is 11.9 Å². The van der Waals surface area contributed by atoms with E-state index in [-0.39, 0.29) is 0 Å². The van der Waals surface area contributed by atoms with Gasteiger partial charge in [0, 0.05) is 22.8 Å². The summed E-state index contributed by atoms with van der Waals surface area (Å²) < 4.78 is 0. The summed E-state index contributed by atoms with van der Waals surface area (Å²) in [7, 11) is 0. The monoisotopic (exact) mass is 317 g/mol. The van der Waals surface area contributed by atoms with Crippen LogP contribution in [-0.2, 0) is 0 Å². The maximum Gasteiger partial charge on any atom is 0.253 e. The molecule has 0 aliphatic rings. The average molecular weight is 317 g/mol. The first-order valence-corrected chi connectivity index (χ1v) is 7.70. The van der Waals surface area contributed by atoms with Gasteiger partial charge in [0.25, 0.3) is 5.95 Å². The normalized spacial score (nSPS) is 11.3. The Kier molecular flexibility index (Phi) is 4.52. The third-order valence-corrected chi connectivity index (χ3v) is 3.44. The van der Waals surface area contributed by atoms with Crippen LogP contribution < -0.4 is 10.6 Å². The quantitative estimate of drug-likeness (QED) is 0.588. The maximum absolute atomic E-state index is 6.31. The van der Waals surface area contributed by atoms with E-state index in [1.54, 1.807) is 0 Å². The predicted octanol–water partition coefficient (Wildman–Crippen LogP) is 3.88. The van der Waals surface area contributed by atoms with Gasteiger partial charge in [-0.05, 0) is 44.2 Å². The lowest BCUT2D eigenvalue weighted by molar-refractivity contribution is 1.03. The lowest BCUT2D eigenvalue weighted by atomic mass is 10.2. The van der Waals surface area contributed by atoms with Crippen molar-refractivity contribution >= 4 is 23.3 Å². The van der Waals surface area contributed by atoms with E-state index in [2.05, 4.69) is 15.0 Å². The predicted molar refractivity (Wildman–Crippen MR) is 97.8 cm³/mol. The van der Waals surface area contributed by atoms with Gasteiger partial charge in [-0.3, -0.25) is 4.90 Å². The number of rotatable bonds is 3. The molecule has 3 rings (SSSR count). The second-order valence-electron chi connectivity index (χ2n) is 5.43. The summed E-state index contributed by atoms with van der Waals surface area (Å²) in [6.45, 7) is 3.83. The lowest BCUT2D eigenvalue weighted by Gasteiger charge is -2.23. The lowest BCUT2D eigenvalue weighted by Crippen LogP contribution is -2.33. The number of anilines is 2. The molecule has 2 N–H and O–H groups in total. The minimum Gasteiger partial charge on any atom is -0.369 e. The van der Waals surface area contributed by atoms with Crippen LogP contribution in [0.5, 0.6) is 0 Å². The molecule has 5 nitrogen and oxygen atoms in total. The Labute approximate surface area is 141 Å². The number of benzene rings is 2. The molecule has 0 spiro atoms. The van der Waals surface area contributed by atoms with E-state index in [1.807, 2.05) is 85.5 Å². The van der Waals surface area contributed by atoms with Gasteiger partial charge in [-0.1, -0.05) is 36.4 Å². The molecular formula is C19H19N5. The van der Waals surface area contributed by atoms with E-state index < -0.39 is 0 Å². The van der Waals surface area contributed by atoms with Crippen molar-refractivity contribution in [1.29, 1.82) is 0 Å². The zero-order chi connectivity index (χ0) is 16.9. The molecule has 120 valence electrons. The smallest absolute Gasteiger partial charge is 0.253 e. The van der Waals surface area contributed by atoms with Crippen molar-refractivity contribution in [2.24, 2.45) is 10.7 Å². The molecule has 0 atom stereocenters. The van der Waals surface area contributed by atoms with Crippen LogP contribution in [0.25, 0.3) is 0 Å². The molecule has 5 heteroatoms. The standard InChI is InChI=1S/C19H19N5/c1-14-13-15(2)22-19(21-14)23-18(20)24(16-9-5-3-6-10-16)17-11-7-4-8-12-17/h3-13H,1-2H3,(H2,20,21,22,23). The Morgan fingerprint density at radius 1 is 0.833 bits per heavy atom. The average Bonchev–Trinajstić information content (AvgIpc) is 2.56. The van der Waals surface area contributed by atoms with Crippen LogP contribution in [0, 0.1) is 13.8 Å². The number of hydrogen-bond acceptors (Lipinski definition) is 3. The highest BCUT2D eigenvalue weighted by atomic mass is 15.3. The second kappa shape index (κ2) is 6.91. The van der Waals surface area contributed by atoms with Crippen LogP contribution in [0.4, 0.5) is 17.3 Å². The SMILES string of the molecule is Cc1cc(C)nc(/N=C(\N)N(c2ccccc2)c2ccccc2)n1. The minimum absolute atomic E-state index is 0.317. The van der Waals surface area contributed by atoms with Crippen LogP contribution >= 0.6 is 0 Å². The molecule has 3 aromatic rings. The van der Waals surface area contributed by atoms with Crippen molar-refractivity contribution < 1.29 is 0 Å². The number of aliphatic imine (C=N–C) groups is 1. The third-order valence-electron chi connectivity index (χ3n) is 3.44. The van der Waals surface area contributed by atoms with E-state index in [0.717, 1.165) is 22.8 Å². The van der Waals surface area contributed by atoms with Crippen molar-refractivity contribution in [1.82, 2.24) is 9.97 Å². The van der Waals surface area contributed by atoms with Crippen molar-refractivity contribution in [3.05, 3.63) is 78.1 Å². The minimum atomic E-state index is 0.317. The Bertz CT molecular complexity index is 784. The topological polar surface area (TPSA) is 67.4 Å². The Morgan fingerprint density at radius 3 is 1.75 bits per heavy atom. The molecule has 0 bridgehead atoms. The molecule has 2 aromatic carbocycles. The zero-order valence-corrected chi connectivity index (χ0v) is 13.7. The van der Waals surface area contributed by atoms with Crippen molar-refractivity contribution in [2.75, 3.05) is 4.90 Å². The fourth-order valence-electron chi connectivity index (χ4n) is 2.48. The van der Waals surface area contributed by atoms with Gasteiger partial charge >= 0.3 is 0 Å². The van der Waals surface area contributed by atoms with Gasteiger partial charge in [0.2, 0.25) is 5.96 Å². The number of aryl methyl sites for hydroxylation is 2. The van der Waals surface area contributed by atoms with Gasteiger partial charge in [-0.2, -0.15) is 4.99 Å². The molecule has 0 saturated carbocycles. The molecule has 0 fully saturated rings. The second-order valence-corrected chi connectivity index (χ2v) is 5.43. The molecule has 0 radical (unpaired) electrons. The fraction of sp³-hybridized carbons (Fsp3) is 0.105. The summed E-state index contributed by atoms with van der Waals surface area (Å²) in [6, 6.07) is 21.6. The summed E-state index contributed by atoms with van der Waals surface area (Å²) in [5, 5.41) is 0. The molecule has 0 amide bonds. The molecule has 0 saturated heterocycles. The number of guanidine groups is 1. The molecular weight excluding hydrogens is 298 g/mol. The summed E-state index contributed by atoms with van der Waals surface area (Å²) >= 11 is 0. The van der Waals surface area contributed by atoms with E-state index in [9.17, 15) is 0 Å². The zero-order valence-electron chi connectivity index (χ0n) is 13.7. The summed E-state index contributed by atoms with van der Waals surface area (Å²) in [4.78, 5) is 15.0. The highest BCUT2D eigenvalue weighted by Crippen LogP contribution is 2.25. The van der Waals surface area contributed by atoms with Gasteiger partial charge in [0.1, 0.15) is 0 Å². The number of hydrogen-bond donors (Lipinski definition) is 1. The molecule has 1 heterocycles. The van der Waals surface area contributed by atoms with Crippen molar-refractivity contribution in [3.63, 3.8) is 0 Å².